The molecule has 0 unspecified atom stereocenters. The van der Waals surface area contributed by atoms with Gasteiger partial charge in [0, 0.05) is 6.54 Å². The van der Waals surface area contributed by atoms with Gasteiger partial charge in [-0.25, -0.2) is 4.79 Å². The van der Waals surface area contributed by atoms with E-state index in [2.05, 4.69) is 10.6 Å². The zero-order valence-electron chi connectivity index (χ0n) is 14.0. The van der Waals surface area contributed by atoms with E-state index in [0.29, 0.717) is 19.4 Å². The second-order valence-electron chi connectivity index (χ2n) is 6.64. The molecule has 1 saturated carbocycles. The highest BCUT2D eigenvalue weighted by Crippen LogP contribution is 2.34. The molecule has 6 nitrogen and oxygen atoms in total. The molecule has 0 atom stereocenters. The van der Waals surface area contributed by atoms with Gasteiger partial charge in [-0.1, -0.05) is 43.5 Å². The summed E-state index contributed by atoms with van der Waals surface area (Å²) in [4.78, 5) is 37.9. The van der Waals surface area contributed by atoms with Gasteiger partial charge in [0.25, 0.3) is 5.91 Å². The lowest BCUT2D eigenvalue weighted by Crippen LogP contribution is -2.48. The molecule has 1 aliphatic heterocycles. The predicted octanol–water partition coefficient (Wildman–Crippen LogP) is 2.30. The molecule has 4 amide bonds. The summed E-state index contributed by atoms with van der Waals surface area (Å²) in [7, 11) is 0. The number of halogens is 1. The number of rotatable bonds is 5. The number of urea groups is 1. The third-order valence-corrected chi connectivity index (χ3v) is 5.24. The molecule has 3 rings (SSSR count). The molecule has 7 heteroatoms. The van der Waals surface area contributed by atoms with E-state index in [0.717, 1.165) is 30.4 Å². The normalized spacial score (nSPS) is 19.2. The van der Waals surface area contributed by atoms with Crippen molar-refractivity contribution in [1.29, 1.82) is 0 Å². The van der Waals surface area contributed by atoms with Gasteiger partial charge < -0.3 is 10.6 Å². The van der Waals surface area contributed by atoms with Gasteiger partial charge in [0.2, 0.25) is 5.91 Å². The summed E-state index contributed by atoms with van der Waals surface area (Å²) >= 11 is 5.50. The fraction of sp³-hybridized carbons (Fsp3) is 0.500. The Balaban J connectivity index is 1.75. The first-order chi connectivity index (χ1) is 12.1. The van der Waals surface area contributed by atoms with E-state index < -0.39 is 5.54 Å². The summed E-state index contributed by atoms with van der Waals surface area (Å²) in [6.45, 7) is 0.524. The lowest BCUT2D eigenvalue weighted by Gasteiger charge is -2.30. The third-order valence-electron chi connectivity index (χ3n) is 5.00. The van der Waals surface area contributed by atoms with Crippen molar-refractivity contribution < 1.29 is 14.4 Å². The molecular weight excluding hydrogens is 342 g/mol. The minimum absolute atomic E-state index is 0.0995. The van der Waals surface area contributed by atoms with Crippen molar-refractivity contribution in [3.05, 3.63) is 35.4 Å². The standard InChI is InChI=1S/C18H22ClN3O3/c19-10-15(23)20-11-13-6-2-3-7-14(13)12-22-16(24)18(21-17(22)25)8-4-1-5-9-18/h2-3,6-7H,1,4-5,8-12H2,(H,20,23)(H,21,25). The van der Waals surface area contributed by atoms with Crippen molar-refractivity contribution in [2.45, 2.75) is 50.7 Å². The Bertz CT molecular complexity index is 686. The Morgan fingerprint density at radius 1 is 1.16 bits per heavy atom. The van der Waals surface area contributed by atoms with Crippen LogP contribution in [0.15, 0.2) is 24.3 Å². The summed E-state index contributed by atoms with van der Waals surface area (Å²) < 4.78 is 0. The average Bonchev–Trinajstić information content (AvgIpc) is 2.85. The van der Waals surface area contributed by atoms with E-state index in [-0.39, 0.29) is 30.3 Å². The van der Waals surface area contributed by atoms with Crippen LogP contribution in [-0.4, -0.2) is 34.2 Å². The number of alkyl halides is 1. The van der Waals surface area contributed by atoms with Crippen LogP contribution in [-0.2, 0) is 22.7 Å². The molecule has 134 valence electrons. The van der Waals surface area contributed by atoms with E-state index >= 15 is 0 Å². The maximum Gasteiger partial charge on any atom is 0.325 e. The molecule has 1 saturated heterocycles. The molecule has 1 heterocycles. The zero-order valence-corrected chi connectivity index (χ0v) is 14.8. The van der Waals surface area contributed by atoms with Crippen LogP contribution in [0.5, 0.6) is 0 Å². The average molecular weight is 364 g/mol. The smallest absolute Gasteiger partial charge is 0.325 e. The monoisotopic (exact) mass is 363 g/mol. The lowest BCUT2D eigenvalue weighted by molar-refractivity contribution is -0.132. The van der Waals surface area contributed by atoms with Crippen LogP contribution in [0.3, 0.4) is 0 Å². The molecule has 0 radical (unpaired) electrons. The van der Waals surface area contributed by atoms with Crippen molar-refractivity contribution in [3.63, 3.8) is 0 Å². The summed E-state index contributed by atoms with van der Waals surface area (Å²) in [5.74, 6) is -0.484. The Labute approximate surface area is 151 Å². The fourth-order valence-electron chi connectivity index (χ4n) is 3.61. The van der Waals surface area contributed by atoms with Crippen LogP contribution in [0.2, 0.25) is 0 Å². The fourth-order valence-corrected chi connectivity index (χ4v) is 3.70. The molecule has 2 N–H and O–H groups in total. The van der Waals surface area contributed by atoms with Gasteiger partial charge in [0.05, 0.1) is 6.54 Å². The minimum atomic E-state index is -0.711. The largest absolute Gasteiger partial charge is 0.351 e. The van der Waals surface area contributed by atoms with E-state index in [1.54, 1.807) is 0 Å². The van der Waals surface area contributed by atoms with Crippen molar-refractivity contribution in [3.8, 4) is 0 Å². The van der Waals surface area contributed by atoms with Crippen molar-refractivity contribution in [2.24, 2.45) is 0 Å². The molecule has 1 aromatic rings. The van der Waals surface area contributed by atoms with Crippen LogP contribution in [0.25, 0.3) is 0 Å². The molecular formula is C18H22ClN3O3. The topological polar surface area (TPSA) is 78.5 Å². The van der Waals surface area contributed by atoms with Crippen molar-refractivity contribution in [1.82, 2.24) is 15.5 Å². The number of carbonyl (C=O) groups excluding carboxylic acids is 3. The Hall–Kier alpha value is -2.08. The number of nitrogens with one attached hydrogen (secondary N) is 2. The number of amides is 4. The quantitative estimate of drug-likeness (QED) is 0.622. The number of hydrogen-bond donors (Lipinski definition) is 2. The molecule has 0 bridgehead atoms. The first kappa shape index (κ1) is 17.7. The predicted molar refractivity (Wildman–Crippen MR) is 93.9 cm³/mol. The SMILES string of the molecule is O=C(CCl)NCc1ccccc1CN1C(=O)NC2(CCCCC2)C1=O. The van der Waals surface area contributed by atoms with Gasteiger partial charge >= 0.3 is 6.03 Å². The Morgan fingerprint density at radius 2 is 1.84 bits per heavy atom. The highest BCUT2D eigenvalue weighted by molar-refractivity contribution is 6.27. The summed E-state index contributed by atoms with van der Waals surface area (Å²) in [6.07, 6.45) is 4.44. The molecule has 1 aromatic carbocycles. The highest BCUT2D eigenvalue weighted by atomic mass is 35.5. The molecule has 0 aromatic heterocycles. The molecule has 2 fully saturated rings. The highest BCUT2D eigenvalue weighted by Gasteiger charge is 2.51. The van der Waals surface area contributed by atoms with E-state index in [1.807, 2.05) is 24.3 Å². The Morgan fingerprint density at radius 3 is 2.52 bits per heavy atom. The number of benzene rings is 1. The molecule has 1 aliphatic carbocycles. The van der Waals surface area contributed by atoms with Crippen LogP contribution in [0.4, 0.5) is 4.79 Å². The second-order valence-corrected chi connectivity index (χ2v) is 6.91. The van der Waals surface area contributed by atoms with Gasteiger partial charge in [-0.15, -0.1) is 11.6 Å². The maximum absolute atomic E-state index is 12.9. The van der Waals surface area contributed by atoms with Crippen LogP contribution in [0, 0.1) is 0 Å². The number of carbonyl (C=O) groups is 3. The first-order valence-electron chi connectivity index (χ1n) is 8.59. The number of nitrogens with zero attached hydrogens (tertiary/aromatic N) is 1. The van der Waals surface area contributed by atoms with Gasteiger partial charge in [0.15, 0.2) is 0 Å². The lowest BCUT2D eigenvalue weighted by atomic mass is 9.81. The van der Waals surface area contributed by atoms with E-state index in [9.17, 15) is 14.4 Å². The first-order valence-corrected chi connectivity index (χ1v) is 9.13. The molecule has 2 aliphatic rings. The minimum Gasteiger partial charge on any atom is -0.351 e. The van der Waals surface area contributed by atoms with Gasteiger partial charge in [0.1, 0.15) is 11.4 Å². The third kappa shape index (κ3) is 3.63. The summed E-state index contributed by atoms with van der Waals surface area (Å²) in [5, 5.41) is 5.64. The zero-order chi connectivity index (χ0) is 17.9. The molecule has 1 spiro atoms. The summed E-state index contributed by atoms with van der Waals surface area (Å²) in [5.41, 5.74) is 0.997. The van der Waals surface area contributed by atoms with Gasteiger partial charge in [-0.05, 0) is 24.0 Å². The maximum atomic E-state index is 12.9. The van der Waals surface area contributed by atoms with Crippen LogP contribution in [0.1, 0.15) is 43.2 Å². The van der Waals surface area contributed by atoms with E-state index in [1.165, 1.54) is 4.90 Å². The van der Waals surface area contributed by atoms with Gasteiger partial charge in [-0.2, -0.15) is 0 Å². The van der Waals surface area contributed by atoms with Crippen LogP contribution >= 0.6 is 11.6 Å². The van der Waals surface area contributed by atoms with Gasteiger partial charge in [-0.3, -0.25) is 14.5 Å². The summed E-state index contributed by atoms with van der Waals surface area (Å²) in [6, 6.07) is 7.14. The number of imide groups is 1. The van der Waals surface area contributed by atoms with E-state index in [4.69, 9.17) is 11.6 Å². The Kier molecular flexibility index (Phi) is 5.27. The number of hydrogen-bond acceptors (Lipinski definition) is 3. The van der Waals surface area contributed by atoms with Crippen LogP contribution < -0.4 is 10.6 Å². The molecule has 25 heavy (non-hydrogen) atoms. The van der Waals surface area contributed by atoms with Crippen molar-refractivity contribution >= 4 is 29.4 Å². The second kappa shape index (κ2) is 7.44. The van der Waals surface area contributed by atoms with Crippen molar-refractivity contribution in [2.75, 3.05) is 5.88 Å².